The molecule has 0 spiro atoms. The zero-order valence-electron chi connectivity index (χ0n) is 11.7. The van der Waals surface area contributed by atoms with Crippen molar-refractivity contribution < 1.29 is 9.53 Å². The Balaban J connectivity index is 1.73. The van der Waals surface area contributed by atoms with E-state index in [2.05, 4.69) is 6.07 Å². The minimum atomic E-state index is -0.275. The first kappa shape index (κ1) is 13.0. The van der Waals surface area contributed by atoms with Gasteiger partial charge in [0.15, 0.2) is 0 Å². The number of piperidine rings is 1. The van der Waals surface area contributed by atoms with Crippen LogP contribution in [0, 0.1) is 16.7 Å². The van der Waals surface area contributed by atoms with Gasteiger partial charge in [0.05, 0.1) is 18.1 Å². The highest BCUT2D eigenvalue weighted by Crippen LogP contribution is 2.31. The SMILES string of the molecule is CC1(C#N)CCN(C(=O)c2ccc3c(c2)CCO3)CC1. The molecular formula is C16H18N2O2. The molecule has 0 aromatic heterocycles. The van der Waals surface area contributed by atoms with Gasteiger partial charge in [-0.2, -0.15) is 5.26 Å². The number of nitrogens with zero attached hydrogens (tertiary/aromatic N) is 2. The average Bonchev–Trinajstić information content (AvgIpc) is 2.94. The van der Waals surface area contributed by atoms with Gasteiger partial charge in [-0.3, -0.25) is 4.79 Å². The van der Waals surface area contributed by atoms with Crippen LogP contribution in [-0.4, -0.2) is 30.5 Å². The predicted molar refractivity (Wildman–Crippen MR) is 74.5 cm³/mol. The van der Waals surface area contributed by atoms with E-state index >= 15 is 0 Å². The van der Waals surface area contributed by atoms with Gasteiger partial charge in [0, 0.05) is 25.1 Å². The van der Waals surface area contributed by atoms with Crippen LogP contribution in [0.15, 0.2) is 18.2 Å². The Kier molecular flexibility index (Phi) is 3.13. The third-order valence-electron chi connectivity index (χ3n) is 4.36. The van der Waals surface area contributed by atoms with Crippen LogP contribution >= 0.6 is 0 Å². The molecule has 1 saturated heterocycles. The summed E-state index contributed by atoms with van der Waals surface area (Å²) in [7, 11) is 0. The molecule has 0 N–H and O–H groups in total. The Morgan fingerprint density at radius 3 is 2.85 bits per heavy atom. The summed E-state index contributed by atoms with van der Waals surface area (Å²) in [5.74, 6) is 0.969. The zero-order chi connectivity index (χ0) is 14.2. The highest BCUT2D eigenvalue weighted by molar-refractivity contribution is 5.94. The lowest BCUT2D eigenvalue weighted by molar-refractivity contribution is 0.0661. The van der Waals surface area contributed by atoms with Crippen molar-refractivity contribution in [2.24, 2.45) is 5.41 Å². The van der Waals surface area contributed by atoms with E-state index < -0.39 is 0 Å². The van der Waals surface area contributed by atoms with E-state index in [1.165, 1.54) is 0 Å². The Hall–Kier alpha value is -2.02. The molecule has 1 aromatic rings. The van der Waals surface area contributed by atoms with Crippen LogP contribution in [0.2, 0.25) is 0 Å². The van der Waals surface area contributed by atoms with Crippen LogP contribution in [0.5, 0.6) is 5.75 Å². The van der Waals surface area contributed by atoms with Gasteiger partial charge in [0.1, 0.15) is 5.75 Å². The van der Waals surface area contributed by atoms with Crippen molar-refractivity contribution in [3.8, 4) is 11.8 Å². The lowest BCUT2D eigenvalue weighted by Gasteiger charge is -2.35. The van der Waals surface area contributed by atoms with Gasteiger partial charge in [-0.05, 0) is 43.5 Å². The van der Waals surface area contributed by atoms with Gasteiger partial charge in [-0.15, -0.1) is 0 Å². The van der Waals surface area contributed by atoms with Gasteiger partial charge in [-0.1, -0.05) is 0 Å². The molecule has 0 atom stereocenters. The standard InChI is InChI=1S/C16H18N2O2/c1-16(11-17)5-7-18(8-6-16)15(19)13-2-3-14-12(10-13)4-9-20-14/h2-3,10H,4-9H2,1H3. The van der Waals surface area contributed by atoms with Gasteiger partial charge in [-0.25, -0.2) is 0 Å². The van der Waals surface area contributed by atoms with E-state index in [9.17, 15) is 4.79 Å². The fourth-order valence-corrected chi connectivity index (χ4v) is 2.82. The summed E-state index contributed by atoms with van der Waals surface area (Å²) in [5, 5.41) is 9.13. The van der Waals surface area contributed by atoms with Crippen molar-refractivity contribution in [3.63, 3.8) is 0 Å². The van der Waals surface area contributed by atoms with Crippen molar-refractivity contribution in [2.75, 3.05) is 19.7 Å². The molecule has 0 aliphatic carbocycles. The molecule has 3 rings (SSSR count). The second kappa shape index (κ2) is 4.82. The number of ether oxygens (including phenoxy) is 1. The molecule has 1 amide bonds. The quantitative estimate of drug-likeness (QED) is 0.787. The molecule has 4 heteroatoms. The number of hydrogen-bond acceptors (Lipinski definition) is 3. The van der Waals surface area contributed by atoms with Crippen LogP contribution in [0.4, 0.5) is 0 Å². The lowest BCUT2D eigenvalue weighted by Crippen LogP contribution is -2.41. The van der Waals surface area contributed by atoms with Crippen LogP contribution in [0.1, 0.15) is 35.7 Å². The third-order valence-corrected chi connectivity index (χ3v) is 4.36. The van der Waals surface area contributed by atoms with E-state index in [0.29, 0.717) is 19.7 Å². The monoisotopic (exact) mass is 270 g/mol. The molecule has 104 valence electrons. The Morgan fingerprint density at radius 1 is 1.40 bits per heavy atom. The number of carbonyl (C=O) groups is 1. The van der Waals surface area contributed by atoms with E-state index in [-0.39, 0.29) is 11.3 Å². The fraction of sp³-hybridized carbons (Fsp3) is 0.500. The highest BCUT2D eigenvalue weighted by Gasteiger charge is 2.32. The fourth-order valence-electron chi connectivity index (χ4n) is 2.82. The molecule has 0 saturated carbocycles. The molecule has 20 heavy (non-hydrogen) atoms. The first-order valence-corrected chi connectivity index (χ1v) is 7.08. The summed E-state index contributed by atoms with van der Waals surface area (Å²) in [6.45, 7) is 4.01. The minimum absolute atomic E-state index is 0.0692. The number of nitriles is 1. The maximum absolute atomic E-state index is 12.5. The number of rotatable bonds is 1. The largest absolute Gasteiger partial charge is 0.493 e. The van der Waals surface area contributed by atoms with Gasteiger partial charge >= 0.3 is 0 Å². The summed E-state index contributed by atoms with van der Waals surface area (Å²) in [6, 6.07) is 8.03. The molecule has 2 heterocycles. The summed E-state index contributed by atoms with van der Waals surface area (Å²) < 4.78 is 5.46. The van der Waals surface area contributed by atoms with Crippen LogP contribution in [0.25, 0.3) is 0 Å². The molecule has 1 aromatic carbocycles. The molecule has 1 fully saturated rings. The Bertz CT molecular complexity index is 581. The number of amides is 1. The second-order valence-corrected chi connectivity index (χ2v) is 5.89. The van der Waals surface area contributed by atoms with Gasteiger partial charge in [0.25, 0.3) is 5.91 Å². The summed E-state index contributed by atoms with van der Waals surface area (Å²) in [4.78, 5) is 14.4. The van der Waals surface area contributed by atoms with Gasteiger partial charge < -0.3 is 9.64 Å². The molecule has 0 radical (unpaired) electrons. The topological polar surface area (TPSA) is 53.3 Å². The van der Waals surface area contributed by atoms with Crippen LogP contribution in [0.3, 0.4) is 0 Å². The smallest absolute Gasteiger partial charge is 0.253 e. The summed E-state index contributed by atoms with van der Waals surface area (Å²) in [5.41, 5.74) is 1.58. The van der Waals surface area contributed by atoms with Crippen molar-refractivity contribution in [1.82, 2.24) is 4.90 Å². The van der Waals surface area contributed by atoms with Gasteiger partial charge in [0.2, 0.25) is 0 Å². The van der Waals surface area contributed by atoms with E-state index in [1.54, 1.807) is 0 Å². The second-order valence-electron chi connectivity index (χ2n) is 5.89. The van der Waals surface area contributed by atoms with Crippen molar-refractivity contribution in [1.29, 1.82) is 5.26 Å². The highest BCUT2D eigenvalue weighted by atomic mass is 16.5. The van der Waals surface area contributed by atoms with Crippen LogP contribution in [-0.2, 0) is 6.42 Å². The minimum Gasteiger partial charge on any atom is -0.493 e. The normalized spacial score (nSPS) is 19.9. The molecule has 4 nitrogen and oxygen atoms in total. The van der Waals surface area contributed by atoms with E-state index in [0.717, 1.165) is 36.1 Å². The van der Waals surface area contributed by atoms with Crippen molar-refractivity contribution in [3.05, 3.63) is 29.3 Å². The first-order valence-electron chi connectivity index (χ1n) is 7.08. The number of hydrogen-bond donors (Lipinski definition) is 0. The van der Waals surface area contributed by atoms with Crippen molar-refractivity contribution >= 4 is 5.91 Å². The maximum Gasteiger partial charge on any atom is 0.253 e. The number of benzene rings is 1. The molecule has 2 aliphatic rings. The molecule has 2 aliphatic heterocycles. The van der Waals surface area contributed by atoms with Crippen molar-refractivity contribution in [2.45, 2.75) is 26.2 Å². The third kappa shape index (κ3) is 2.24. The Labute approximate surface area is 118 Å². The Morgan fingerprint density at radius 2 is 2.15 bits per heavy atom. The molecule has 0 bridgehead atoms. The number of likely N-dealkylation sites (tertiary alicyclic amines) is 1. The predicted octanol–water partition coefficient (Wildman–Crippen LogP) is 2.39. The first-order chi connectivity index (χ1) is 9.61. The van der Waals surface area contributed by atoms with E-state index in [1.807, 2.05) is 30.0 Å². The maximum atomic E-state index is 12.5. The number of carbonyl (C=O) groups excluding carboxylic acids is 1. The molecule has 0 unspecified atom stereocenters. The van der Waals surface area contributed by atoms with E-state index in [4.69, 9.17) is 10.00 Å². The summed E-state index contributed by atoms with van der Waals surface area (Å²) in [6.07, 6.45) is 2.38. The van der Waals surface area contributed by atoms with Crippen LogP contribution < -0.4 is 4.74 Å². The average molecular weight is 270 g/mol. The lowest BCUT2D eigenvalue weighted by atomic mass is 9.82. The number of fused-ring (bicyclic) bond motifs is 1. The summed E-state index contributed by atoms with van der Waals surface area (Å²) >= 11 is 0. The zero-order valence-corrected chi connectivity index (χ0v) is 11.7. The molecular weight excluding hydrogens is 252 g/mol.